The van der Waals surface area contributed by atoms with Gasteiger partial charge in [-0.2, -0.15) is 4.98 Å². The quantitative estimate of drug-likeness (QED) is 0.741. The number of carbonyl (C=O) groups excluding carboxylic acids is 1. The molecule has 0 aliphatic heterocycles. The molecule has 1 aromatic heterocycles. The molecule has 2 aromatic rings. The van der Waals surface area contributed by atoms with Gasteiger partial charge in [0.05, 0.1) is 16.6 Å². The second kappa shape index (κ2) is 7.56. The number of esters is 1. The first-order chi connectivity index (χ1) is 10.9. The highest BCUT2D eigenvalue weighted by atomic mass is 79.9. The standard InChI is InChI=1S/C14H13BrClFN4O2/c1-7(13(22)23-2)19-12-9(15)6-18-14(21-12)20-8-3-4-11(17)10(16)5-8/h3-7H,1-2H3,(H2,18,19,20,21)/t7-/m1/s1. The third-order valence-corrected chi connectivity index (χ3v) is 3.70. The summed E-state index contributed by atoms with van der Waals surface area (Å²) in [5, 5.41) is 5.81. The van der Waals surface area contributed by atoms with Crippen molar-refractivity contribution in [3.8, 4) is 0 Å². The van der Waals surface area contributed by atoms with Crippen LogP contribution in [0.2, 0.25) is 5.02 Å². The molecule has 9 heteroatoms. The number of hydrogen-bond donors (Lipinski definition) is 2. The molecule has 0 aliphatic carbocycles. The molecule has 0 unspecified atom stereocenters. The Morgan fingerprint density at radius 1 is 1.48 bits per heavy atom. The molecule has 122 valence electrons. The first-order valence-corrected chi connectivity index (χ1v) is 7.66. The largest absolute Gasteiger partial charge is 0.467 e. The SMILES string of the molecule is COC(=O)[C@@H](C)Nc1nc(Nc2ccc(F)c(Cl)c2)ncc1Br. The number of halogens is 3. The van der Waals surface area contributed by atoms with Crippen LogP contribution in [0.4, 0.5) is 21.8 Å². The second-order valence-electron chi connectivity index (χ2n) is 4.53. The number of rotatable bonds is 5. The Morgan fingerprint density at radius 2 is 2.22 bits per heavy atom. The lowest BCUT2D eigenvalue weighted by Gasteiger charge is -2.14. The van der Waals surface area contributed by atoms with Gasteiger partial charge in [0.15, 0.2) is 0 Å². The van der Waals surface area contributed by atoms with Gasteiger partial charge in [0.2, 0.25) is 5.95 Å². The molecule has 1 atom stereocenters. The Morgan fingerprint density at radius 3 is 2.87 bits per heavy atom. The van der Waals surface area contributed by atoms with Gasteiger partial charge in [-0.25, -0.2) is 14.2 Å². The Balaban J connectivity index is 2.19. The molecule has 0 bridgehead atoms. The number of ether oxygens (including phenoxy) is 1. The van der Waals surface area contributed by atoms with Crippen LogP contribution in [-0.2, 0) is 9.53 Å². The minimum atomic E-state index is -0.584. The highest BCUT2D eigenvalue weighted by Crippen LogP contribution is 2.24. The lowest BCUT2D eigenvalue weighted by atomic mass is 10.3. The van der Waals surface area contributed by atoms with Gasteiger partial charge in [0.1, 0.15) is 17.7 Å². The number of anilines is 3. The normalized spacial score (nSPS) is 11.7. The number of hydrogen-bond acceptors (Lipinski definition) is 6. The molecule has 0 spiro atoms. The third kappa shape index (κ3) is 4.52. The Bertz CT molecular complexity index is 732. The number of methoxy groups -OCH3 is 1. The molecule has 0 aliphatic rings. The molecular formula is C14H13BrClFN4O2. The predicted molar refractivity (Wildman–Crippen MR) is 89.5 cm³/mol. The van der Waals surface area contributed by atoms with E-state index in [4.69, 9.17) is 11.6 Å². The molecule has 0 amide bonds. The zero-order valence-electron chi connectivity index (χ0n) is 12.2. The summed E-state index contributed by atoms with van der Waals surface area (Å²) >= 11 is 9.03. The fourth-order valence-corrected chi connectivity index (χ4v) is 2.16. The number of benzene rings is 1. The zero-order chi connectivity index (χ0) is 17.0. The van der Waals surface area contributed by atoms with Crippen molar-refractivity contribution < 1.29 is 13.9 Å². The average Bonchev–Trinajstić information content (AvgIpc) is 2.53. The van der Waals surface area contributed by atoms with E-state index in [1.807, 2.05) is 0 Å². The predicted octanol–water partition coefficient (Wildman–Crippen LogP) is 3.75. The molecule has 0 saturated heterocycles. The van der Waals surface area contributed by atoms with Crippen LogP contribution in [0.3, 0.4) is 0 Å². The first kappa shape index (κ1) is 17.4. The van der Waals surface area contributed by atoms with Crippen LogP contribution in [0.5, 0.6) is 0 Å². The Labute approximate surface area is 145 Å². The molecule has 2 N–H and O–H groups in total. The minimum Gasteiger partial charge on any atom is -0.467 e. The Hall–Kier alpha value is -1.93. The molecule has 1 aromatic carbocycles. The van der Waals surface area contributed by atoms with E-state index in [-0.39, 0.29) is 11.0 Å². The molecule has 1 heterocycles. The summed E-state index contributed by atoms with van der Waals surface area (Å²) in [6, 6.07) is 3.59. The van der Waals surface area contributed by atoms with Gasteiger partial charge in [-0.05, 0) is 41.1 Å². The van der Waals surface area contributed by atoms with Crippen LogP contribution in [-0.4, -0.2) is 29.1 Å². The van der Waals surface area contributed by atoms with E-state index < -0.39 is 17.8 Å². The smallest absolute Gasteiger partial charge is 0.328 e. The second-order valence-corrected chi connectivity index (χ2v) is 5.79. The first-order valence-electron chi connectivity index (χ1n) is 6.49. The van der Waals surface area contributed by atoms with Crippen molar-refractivity contribution in [3.05, 3.63) is 39.7 Å². The van der Waals surface area contributed by atoms with Crippen molar-refractivity contribution in [2.45, 2.75) is 13.0 Å². The molecule has 0 fully saturated rings. The van der Waals surface area contributed by atoms with Gasteiger partial charge < -0.3 is 15.4 Å². The number of carbonyl (C=O) groups is 1. The lowest BCUT2D eigenvalue weighted by Crippen LogP contribution is -2.27. The van der Waals surface area contributed by atoms with Crippen molar-refractivity contribution in [2.24, 2.45) is 0 Å². The highest BCUT2D eigenvalue weighted by Gasteiger charge is 2.15. The summed E-state index contributed by atoms with van der Waals surface area (Å²) in [5.74, 6) is -0.261. The van der Waals surface area contributed by atoms with Crippen LogP contribution in [0, 0.1) is 5.82 Å². The molecule has 0 radical (unpaired) electrons. The number of aromatic nitrogens is 2. The molecular weight excluding hydrogens is 391 g/mol. The fourth-order valence-electron chi connectivity index (χ4n) is 1.67. The van der Waals surface area contributed by atoms with Crippen molar-refractivity contribution >= 4 is 51.0 Å². The fraction of sp³-hybridized carbons (Fsp3) is 0.214. The molecule has 6 nitrogen and oxygen atoms in total. The summed E-state index contributed by atoms with van der Waals surface area (Å²) in [6.07, 6.45) is 1.52. The van der Waals surface area contributed by atoms with E-state index in [1.54, 1.807) is 6.92 Å². The van der Waals surface area contributed by atoms with E-state index in [1.165, 1.54) is 31.5 Å². The van der Waals surface area contributed by atoms with Gasteiger partial charge in [0.25, 0.3) is 0 Å². The van der Waals surface area contributed by atoms with Crippen LogP contribution in [0.1, 0.15) is 6.92 Å². The van der Waals surface area contributed by atoms with E-state index in [2.05, 4.69) is 41.3 Å². The topological polar surface area (TPSA) is 76.1 Å². The Kier molecular flexibility index (Phi) is 5.73. The third-order valence-electron chi connectivity index (χ3n) is 2.83. The summed E-state index contributed by atoms with van der Waals surface area (Å²) in [6.45, 7) is 1.65. The zero-order valence-corrected chi connectivity index (χ0v) is 14.6. The summed E-state index contributed by atoms with van der Waals surface area (Å²) in [5.41, 5.74) is 0.533. The molecule has 0 saturated carbocycles. The van der Waals surface area contributed by atoms with Gasteiger partial charge in [-0.3, -0.25) is 0 Å². The van der Waals surface area contributed by atoms with Crippen LogP contribution >= 0.6 is 27.5 Å². The van der Waals surface area contributed by atoms with Gasteiger partial charge in [-0.15, -0.1) is 0 Å². The highest BCUT2D eigenvalue weighted by molar-refractivity contribution is 9.10. The maximum atomic E-state index is 13.2. The van der Waals surface area contributed by atoms with Crippen molar-refractivity contribution in [3.63, 3.8) is 0 Å². The average molecular weight is 404 g/mol. The number of nitrogens with one attached hydrogen (secondary N) is 2. The minimum absolute atomic E-state index is 0.00947. The van der Waals surface area contributed by atoms with E-state index in [0.717, 1.165) is 0 Å². The lowest BCUT2D eigenvalue weighted by molar-refractivity contribution is -0.141. The van der Waals surface area contributed by atoms with Gasteiger partial charge >= 0.3 is 5.97 Å². The van der Waals surface area contributed by atoms with Gasteiger partial charge in [-0.1, -0.05) is 11.6 Å². The van der Waals surface area contributed by atoms with E-state index in [0.29, 0.717) is 16.0 Å². The van der Waals surface area contributed by atoms with Crippen molar-refractivity contribution in [2.75, 3.05) is 17.7 Å². The number of nitrogens with zero attached hydrogens (tertiary/aromatic N) is 2. The maximum absolute atomic E-state index is 13.2. The summed E-state index contributed by atoms with van der Waals surface area (Å²) in [4.78, 5) is 19.8. The molecule has 2 rings (SSSR count). The van der Waals surface area contributed by atoms with Crippen LogP contribution in [0.15, 0.2) is 28.9 Å². The van der Waals surface area contributed by atoms with E-state index in [9.17, 15) is 9.18 Å². The van der Waals surface area contributed by atoms with Crippen LogP contribution < -0.4 is 10.6 Å². The summed E-state index contributed by atoms with van der Waals surface area (Å²) < 4.78 is 18.4. The van der Waals surface area contributed by atoms with Crippen molar-refractivity contribution in [1.29, 1.82) is 0 Å². The van der Waals surface area contributed by atoms with Crippen LogP contribution in [0.25, 0.3) is 0 Å². The van der Waals surface area contributed by atoms with E-state index >= 15 is 0 Å². The summed E-state index contributed by atoms with van der Waals surface area (Å²) in [7, 11) is 1.31. The van der Waals surface area contributed by atoms with Crippen molar-refractivity contribution in [1.82, 2.24) is 9.97 Å². The van der Waals surface area contributed by atoms with Gasteiger partial charge in [0, 0.05) is 11.9 Å². The monoisotopic (exact) mass is 402 g/mol. The maximum Gasteiger partial charge on any atom is 0.328 e. The molecule has 23 heavy (non-hydrogen) atoms.